The number of hydrogen-bond donors (Lipinski definition) is 1. The van der Waals surface area contributed by atoms with E-state index >= 15 is 0 Å². The number of nitrogens with zero attached hydrogens (tertiary/aromatic N) is 3. The zero-order chi connectivity index (χ0) is 17.9. The lowest BCUT2D eigenvalue weighted by Gasteiger charge is -2.22. The number of benzene rings is 1. The number of likely N-dealkylation sites (tertiary alicyclic amines) is 1. The summed E-state index contributed by atoms with van der Waals surface area (Å²) in [5.41, 5.74) is 5.88. The van der Waals surface area contributed by atoms with Gasteiger partial charge in [0.2, 0.25) is 0 Å². The highest BCUT2D eigenvalue weighted by Crippen LogP contribution is 2.34. The Morgan fingerprint density at radius 1 is 1.27 bits per heavy atom. The Morgan fingerprint density at radius 3 is 2.92 bits per heavy atom. The highest BCUT2D eigenvalue weighted by molar-refractivity contribution is 5.62. The molecule has 0 radical (unpaired) electrons. The maximum absolute atomic E-state index is 5.51. The van der Waals surface area contributed by atoms with Gasteiger partial charge in [0.15, 0.2) is 0 Å². The summed E-state index contributed by atoms with van der Waals surface area (Å²) in [6.07, 6.45) is 6.32. The van der Waals surface area contributed by atoms with Crippen molar-refractivity contribution in [2.24, 2.45) is 0 Å². The Hall–Kier alpha value is -2.40. The fourth-order valence-electron chi connectivity index (χ4n) is 3.82. The monoisotopic (exact) mass is 350 g/mol. The summed E-state index contributed by atoms with van der Waals surface area (Å²) in [4.78, 5) is 2.50. The van der Waals surface area contributed by atoms with Gasteiger partial charge in [-0.15, -0.1) is 0 Å². The molecule has 3 aromatic rings. The van der Waals surface area contributed by atoms with Gasteiger partial charge in [0.1, 0.15) is 11.5 Å². The predicted octanol–water partition coefficient (Wildman–Crippen LogP) is 4.66. The Morgan fingerprint density at radius 2 is 2.12 bits per heavy atom. The van der Waals surface area contributed by atoms with Gasteiger partial charge in [0.25, 0.3) is 0 Å². The van der Waals surface area contributed by atoms with Crippen LogP contribution >= 0.6 is 0 Å². The molecule has 2 aromatic heterocycles. The smallest absolute Gasteiger partial charge is 0.137 e. The van der Waals surface area contributed by atoms with Crippen molar-refractivity contribution in [2.45, 2.75) is 52.1 Å². The normalized spacial score (nSPS) is 17.8. The molecule has 4 rings (SSSR count). The van der Waals surface area contributed by atoms with Gasteiger partial charge in [-0.3, -0.25) is 10.00 Å². The molecule has 0 bridgehead atoms. The van der Waals surface area contributed by atoms with Crippen LogP contribution in [-0.2, 0) is 13.0 Å². The molecule has 5 heteroatoms. The Balaban J connectivity index is 1.53. The average molecular weight is 350 g/mol. The van der Waals surface area contributed by atoms with Crippen molar-refractivity contribution in [3.05, 3.63) is 59.1 Å². The predicted molar refractivity (Wildman–Crippen MR) is 102 cm³/mol. The number of H-pyrrole nitrogens is 1. The third kappa shape index (κ3) is 3.44. The zero-order valence-corrected chi connectivity index (χ0v) is 15.5. The largest absolute Gasteiger partial charge is 0.361 e. The van der Waals surface area contributed by atoms with E-state index < -0.39 is 0 Å². The first-order valence-corrected chi connectivity index (χ1v) is 9.53. The molecular weight excluding hydrogens is 324 g/mol. The number of aryl methyl sites for hydroxylation is 2. The van der Waals surface area contributed by atoms with Crippen molar-refractivity contribution in [3.8, 4) is 11.3 Å². The minimum atomic E-state index is 0.338. The molecule has 0 saturated carbocycles. The van der Waals surface area contributed by atoms with Crippen molar-refractivity contribution in [1.82, 2.24) is 20.3 Å². The molecule has 1 aromatic carbocycles. The molecule has 1 saturated heterocycles. The van der Waals surface area contributed by atoms with Gasteiger partial charge in [-0.1, -0.05) is 41.9 Å². The van der Waals surface area contributed by atoms with Gasteiger partial charge >= 0.3 is 0 Å². The molecule has 0 spiro atoms. The van der Waals surface area contributed by atoms with Gasteiger partial charge < -0.3 is 4.52 Å². The van der Waals surface area contributed by atoms with E-state index in [2.05, 4.69) is 64.4 Å². The van der Waals surface area contributed by atoms with Gasteiger partial charge in [0, 0.05) is 24.6 Å². The molecule has 0 aliphatic carbocycles. The topological polar surface area (TPSA) is 58.0 Å². The first-order chi connectivity index (χ1) is 12.7. The van der Waals surface area contributed by atoms with Gasteiger partial charge in [-0.05, 0) is 38.3 Å². The highest BCUT2D eigenvalue weighted by atomic mass is 16.5. The summed E-state index contributed by atoms with van der Waals surface area (Å²) < 4.78 is 5.51. The summed E-state index contributed by atoms with van der Waals surface area (Å²) in [5, 5.41) is 11.8. The lowest BCUT2D eigenvalue weighted by molar-refractivity contribution is 0.236. The minimum Gasteiger partial charge on any atom is -0.361 e. The summed E-state index contributed by atoms with van der Waals surface area (Å²) in [5.74, 6) is 0.998. The van der Waals surface area contributed by atoms with Crippen LogP contribution in [0.3, 0.4) is 0 Å². The van der Waals surface area contributed by atoms with E-state index in [-0.39, 0.29) is 0 Å². The van der Waals surface area contributed by atoms with Crippen LogP contribution in [0.5, 0.6) is 0 Å². The summed E-state index contributed by atoms with van der Waals surface area (Å²) in [6, 6.07) is 11.1. The van der Waals surface area contributed by atoms with Crippen LogP contribution in [0.1, 0.15) is 54.8 Å². The van der Waals surface area contributed by atoms with E-state index in [9.17, 15) is 0 Å². The van der Waals surface area contributed by atoms with Crippen molar-refractivity contribution in [2.75, 3.05) is 6.54 Å². The fraction of sp³-hybridized carbons (Fsp3) is 0.429. The Kier molecular flexibility index (Phi) is 4.89. The van der Waals surface area contributed by atoms with Crippen LogP contribution in [-0.4, -0.2) is 26.8 Å². The van der Waals surface area contributed by atoms with E-state index in [4.69, 9.17) is 4.52 Å². The van der Waals surface area contributed by atoms with E-state index in [0.717, 1.165) is 49.5 Å². The molecule has 1 atom stereocenters. The van der Waals surface area contributed by atoms with E-state index in [1.165, 1.54) is 23.1 Å². The second kappa shape index (κ2) is 7.46. The molecule has 136 valence electrons. The van der Waals surface area contributed by atoms with E-state index in [1.54, 1.807) is 0 Å². The third-order valence-corrected chi connectivity index (χ3v) is 5.21. The van der Waals surface area contributed by atoms with Crippen molar-refractivity contribution in [1.29, 1.82) is 0 Å². The molecule has 1 fully saturated rings. The summed E-state index contributed by atoms with van der Waals surface area (Å²) in [7, 11) is 0. The second-order valence-corrected chi connectivity index (χ2v) is 7.23. The fourth-order valence-corrected chi connectivity index (χ4v) is 3.82. The summed E-state index contributed by atoms with van der Waals surface area (Å²) >= 11 is 0. The van der Waals surface area contributed by atoms with Crippen molar-refractivity contribution >= 4 is 0 Å². The second-order valence-electron chi connectivity index (χ2n) is 7.23. The molecular formula is C21H26N4O. The van der Waals surface area contributed by atoms with Crippen molar-refractivity contribution in [3.63, 3.8) is 0 Å². The summed E-state index contributed by atoms with van der Waals surface area (Å²) in [6.45, 7) is 6.23. The van der Waals surface area contributed by atoms with Gasteiger partial charge in [0.05, 0.1) is 17.9 Å². The SMILES string of the molecule is CCCc1cc(C2CCCN2Cc2cn[nH]c2-c2ccc(C)cc2)no1. The molecule has 0 amide bonds. The lowest BCUT2D eigenvalue weighted by atomic mass is 10.1. The Bertz CT molecular complexity index is 849. The standard InChI is InChI=1S/C21H26N4O/c1-3-5-18-12-19(24-26-18)20-6-4-11-25(20)14-17-13-22-23-21(17)16-9-7-15(2)8-10-16/h7-10,12-13,20H,3-6,11,14H2,1-2H3,(H,22,23). The third-order valence-electron chi connectivity index (χ3n) is 5.21. The van der Waals surface area contributed by atoms with Gasteiger partial charge in [-0.2, -0.15) is 5.10 Å². The molecule has 1 unspecified atom stereocenters. The molecule has 1 aliphatic rings. The van der Waals surface area contributed by atoms with Crippen molar-refractivity contribution < 1.29 is 4.52 Å². The number of hydrogen-bond acceptors (Lipinski definition) is 4. The zero-order valence-electron chi connectivity index (χ0n) is 15.5. The highest BCUT2D eigenvalue weighted by Gasteiger charge is 2.29. The number of nitrogens with one attached hydrogen (secondary N) is 1. The Labute approximate surface area is 154 Å². The number of aromatic nitrogens is 3. The van der Waals surface area contributed by atoms with Crippen LogP contribution in [0, 0.1) is 6.92 Å². The first-order valence-electron chi connectivity index (χ1n) is 9.53. The molecule has 1 N–H and O–H groups in total. The van der Waals surface area contributed by atoms with Crippen LogP contribution in [0.15, 0.2) is 41.1 Å². The maximum atomic E-state index is 5.51. The number of rotatable bonds is 6. The van der Waals surface area contributed by atoms with Crippen LogP contribution in [0.4, 0.5) is 0 Å². The quantitative estimate of drug-likeness (QED) is 0.702. The van der Waals surface area contributed by atoms with Crippen LogP contribution in [0.25, 0.3) is 11.3 Å². The molecule has 1 aliphatic heterocycles. The maximum Gasteiger partial charge on any atom is 0.137 e. The van der Waals surface area contributed by atoms with E-state index in [0.29, 0.717) is 6.04 Å². The van der Waals surface area contributed by atoms with E-state index in [1.807, 2.05) is 6.20 Å². The van der Waals surface area contributed by atoms with Gasteiger partial charge in [-0.25, -0.2) is 0 Å². The average Bonchev–Trinajstić information content (AvgIpc) is 3.37. The first kappa shape index (κ1) is 17.0. The molecule has 3 heterocycles. The minimum absolute atomic E-state index is 0.338. The molecule has 5 nitrogen and oxygen atoms in total. The lowest BCUT2D eigenvalue weighted by Crippen LogP contribution is -2.23. The van der Waals surface area contributed by atoms with Crippen LogP contribution < -0.4 is 0 Å². The molecule has 26 heavy (non-hydrogen) atoms. The number of aromatic amines is 1. The van der Waals surface area contributed by atoms with Crippen LogP contribution in [0.2, 0.25) is 0 Å².